The Bertz CT molecular complexity index is 619. The molecule has 0 bridgehead atoms. The maximum atomic E-state index is 12.5. The van der Waals surface area contributed by atoms with E-state index >= 15 is 0 Å². The molecule has 3 rings (SSSR count). The average molecular weight is 310 g/mol. The largest absolute Gasteiger partial charge is 0.380 e. The Kier molecular flexibility index (Phi) is 5.19. The van der Waals surface area contributed by atoms with E-state index < -0.39 is 0 Å². The fourth-order valence-corrected chi connectivity index (χ4v) is 2.77. The van der Waals surface area contributed by atoms with E-state index in [-0.39, 0.29) is 5.91 Å². The second-order valence-electron chi connectivity index (χ2n) is 5.85. The highest BCUT2D eigenvalue weighted by atomic mass is 16.2. The lowest BCUT2D eigenvalue weighted by molar-refractivity contribution is 0.0756. The average Bonchev–Trinajstić information content (AvgIpc) is 2.90. The maximum absolute atomic E-state index is 12.5. The van der Waals surface area contributed by atoms with Gasteiger partial charge in [0.15, 0.2) is 0 Å². The number of nitrogens with one attached hydrogen (secondary N) is 1. The van der Waals surface area contributed by atoms with Crippen LogP contribution in [0.2, 0.25) is 0 Å². The molecule has 5 heteroatoms. The number of hydrogen-bond acceptors (Lipinski definition) is 4. The van der Waals surface area contributed by atoms with Crippen molar-refractivity contribution in [3.8, 4) is 0 Å². The molecule has 1 saturated heterocycles. The van der Waals surface area contributed by atoms with Crippen LogP contribution >= 0.6 is 0 Å². The van der Waals surface area contributed by atoms with Crippen molar-refractivity contribution >= 4 is 11.6 Å². The lowest BCUT2D eigenvalue weighted by Gasteiger charge is -2.19. The summed E-state index contributed by atoms with van der Waals surface area (Å²) in [6, 6.07) is 7.66. The summed E-state index contributed by atoms with van der Waals surface area (Å²) in [5.41, 5.74) is 2.60. The molecule has 0 atom stereocenters. The van der Waals surface area contributed by atoms with Gasteiger partial charge in [-0.25, -0.2) is 4.98 Å². The number of carbonyl (C=O) groups is 1. The van der Waals surface area contributed by atoms with E-state index in [2.05, 4.69) is 15.3 Å². The molecule has 1 N–H and O–H groups in total. The molecule has 120 valence electrons. The van der Waals surface area contributed by atoms with E-state index in [0.29, 0.717) is 12.2 Å². The zero-order valence-corrected chi connectivity index (χ0v) is 13.2. The van der Waals surface area contributed by atoms with E-state index in [1.165, 1.54) is 12.8 Å². The number of likely N-dealkylation sites (tertiary alicyclic amines) is 1. The summed E-state index contributed by atoms with van der Waals surface area (Å²) in [6.45, 7) is 2.41. The van der Waals surface area contributed by atoms with Gasteiger partial charge in [-0.15, -0.1) is 0 Å². The Balaban J connectivity index is 1.59. The molecule has 2 aromatic heterocycles. The molecule has 1 aliphatic rings. The Hall–Kier alpha value is -2.43. The van der Waals surface area contributed by atoms with Crippen molar-refractivity contribution < 1.29 is 4.79 Å². The van der Waals surface area contributed by atoms with Gasteiger partial charge in [0.05, 0.1) is 11.9 Å². The zero-order valence-electron chi connectivity index (χ0n) is 13.2. The highest BCUT2D eigenvalue weighted by Gasteiger charge is 2.18. The van der Waals surface area contributed by atoms with Crippen molar-refractivity contribution in [2.75, 3.05) is 18.4 Å². The molecule has 0 unspecified atom stereocenters. The number of anilines is 1. The number of amides is 1. The molecule has 0 radical (unpaired) electrons. The van der Waals surface area contributed by atoms with E-state index in [9.17, 15) is 4.79 Å². The summed E-state index contributed by atoms with van der Waals surface area (Å²) in [6.07, 6.45) is 9.90. The molecule has 0 saturated carbocycles. The standard InChI is InChI=1S/C18H22N4O/c23-18(22-11-3-1-2-4-12-22)17-6-5-16(14-21-17)20-13-15-7-9-19-10-8-15/h5-10,14,20H,1-4,11-13H2. The van der Waals surface area contributed by atoms with E-state index in [0.717, 1.165) is 37.2 Å². The molecule has 1 fully saturated rings. The van der Waals surface area contributed by atoms with Gasteiger partial charge in [-0.1, -0.05) is 12.8 Å². The Morgan fingerprint density at radius 2 is 1.78 bits per heavy atom. The summed E-state index contributed by atoms with van der Waals surface area (Å²) in [4.78, 5) is 22.7. The van der Waals surface area contributed by atoms with Gasteiger partial charge in [-0.05, 0) is 42.7 Å². The van der Waals surface area contributed by atoms with Crippen LogP contribution in [0.5, 0.6) is 0 Å². The first-order valence-corrected chi connectivity index (χ1v) is 8.21. The zero-order chi connectivity index (χ0) is 15.9. The van der Waals surface area contributed by atoms with Crippen molar-refractivity contribution in [1.82, 2.24) is 14.9 Å². The second-order valence-corrected chi connectivity index (χ2v) is 5.85. The predicted molar refractivity (Wildman–Crippen MR) is 90.2 cm³/mol. The molecule has 1 aliphatic heterocycles. The molecule has 0 spiro atoms. The van der Waals surface area contributed by atoms with Gasteiger partial charge in [0.1, 0.15) is 5.69 Å². The Labute approximate surface area is 136 Å². The molecule has 0 aliphatic carbocycles. The fourth-order valence-electron chi connectivity index (χ4n) is 2.77. The minimum Gasteiger partial charge on any atom is -0.380 e. The minimum absolute atomic E-state index is 0.0487. The number of pyridine rings is 2. The lowest BCUT2D eigenvalue weighted by Crippen LogP contribution is -2.32. The lowest BCUT2D eigenvalue weighted by atomic mass is 10.2. The first-order valence-electron chi connectivity index (χ1n) is 8.21. The third kappa shape index (κ3) is 4.28. The molecule has 5 nitrogen and oxygen atoms in total. The predicted octanol–water partition coefficient (Wildman–Crippen LogP) is 3.10. The highest BCUT2D eigenvalue weighted by Crippen LogP contribution is 2.14. The molecular weight excluding hydrogens is 288 g/mol. The quantitative estimate of drug-likeness (QED) is 0.942. The number of aromatic nitrogens is 2. The highest BCUT2D eigenvalue weighted by molar-refractivity contribution is 5.92. The van der Waals surface area contributed by atoms with Crippen molar-refractivity contribution in [1.29, 1.82) is 0 Å². The van der Waals surface area contributed by atoms with Gasteiger partial charge in [-0.3, -0.25) is 9.78 Å². The van der Waals surface area contributed by atoms with Crippen LogP contribution in [0.1, 0.15) is 41.7 Å². The summed E-state index contributed by atoms with van der Waals surface area (Å²) in [7, 11) is 0. The van der Waals surface area contributed by atoms with Gasteiger partial charge >= 0.3 is 0 Å². The summed E-state index contributed by atoms with van der Waals surface area (Å²) in [5, 5.41) is 3.30. The molecule has 3 heterocycles. The van der Waals surface area contributed by atoms with Crippen molar-refractivity contribution in [3.05, 3.63) is 54.1 Å². The van der Waals surface area contributed by atoms with Crippen molar-refractivity contribution in [3.63, 3.8) is 0 Å². The van der Waals surface area contributed by atoms with Gasteiger partial charge in [0, 0.05) is 32.0 Å². The first-order chi connectivity index (χ1) is 11.3. The molecule has 1 amide bonds. The topological polar surface area (TPSA) is 58.1 Å². The number of rotatable bonds is 4. The number of hydrogen-bond donors (Lipinski definition) is 1. The smallest absolute Gasteiger partial charge is 0.272 e. The molecule has 0 aromatic carbocycles. The fraction of sp³-hybridized carbons (Fsp3) is 0.389. The monoisotopic (exact) mass is 310 g/mol. The Morgan fingerprint density at radius 1 is 1.04 bits per heavy atom. The first kappa shape index (κ1) is 15.5. The van der Waals surface area contributed by atoms with E-state index in [1.54, 1.807) is 18.6 Å². The van der Waals surface area contributed by atoms with Gasteiger partial charge in [0.2, 0.25) is 0 Å². The van der Waals surface area contributed by atoms with Gasteiger partial charge in [-0.2, -0.15) is 0 Å². The number of carbonyl (C=O) groups excluding carboxylic acids is 1. The van der Waals surface area contributed by atoms with Crippen LogP contribution in [0.15, 0.2) is 42.9 Å². The minimum atomic E-state index is 0.0487. The van der Waals surface area contributed by atoms with Crippen molar-refractivity contribution in [2.45, 2.75) is 32.2 Å². The van der Waals surface area contributed by atoms with Crippen LogP contribution < -0.4 is 5.32 Å². The SMILES string of the molecule is O=C(c1ccc(NCc2ccncc2)cn1)N1CCCCCC1. The molecule has 2 aromatic rings. The van der Waals surface area contributed by atoms with Crippen LogP contribution in [0, 0.1) is 0 Å². The third-order valence-electron chi connectivity index (χ3n) is 4.12. The summed E-state index contributed by atoms with van der Waals surface area (Å²) >= 11 is 0. The normalized spacial score (nSPS) is 15.0. The van der Waals surface area contributed by atoms with Gasteiger partial charge in [0.25, 0.3) is 5.91 Å². The summed E-state index contributed by atoms with van der Waals surface area (Å²) < 4.78 is 0. The maximum Gasteiger partial charge on any atom is 0.272 e. The van der Waals surface area contributed by atoms with Crippen LogP contribution in [-0.4, -0.2) is 33.9 Å². The third-order valence-corrected chi connectivity index (χ3v) is 4.12. The summed E-state index contributed by atoms with van der Waals surface area (Å²) in [5.74, 6) is 0.0487. The van der Waals surface area contributed by atoms with Crippen LogP contribution in [-0.2, 0) is 6.54 Å². The molecule has 23 heavy (non-hydrogen) atoms. The van der Waals surface area contributed by atoms with E-state index in [1.807, 2.05) is 29.2 Å². The number of nitrogens with zero attached hydrogens (tertiary/aromatic N) is 3. The Morgan fingerprint density at radius 3 is 2.43 bits per heavy atom. The second kappa shape index (κ2) is 7.72. The van der Waals surface area contributed by atoms with Crippen molar-refractivity contribution in [2.24, 2.45) is 0 Å². The van der Waals surface area contributed by atoms with Crippen LogP contribution in [0.4, 0.5) is 5.69 Å². The van der Waals surface area contributed by atoms with Gasteiger partial charge < -0.3 is 10.2 Å². The van der Waals surface area contributed by atoms with E-state index in [4.69, 9.17) is 0 Å². The molecular formula is C18H22N4O. The van der Waals surface area contributed by atoms with Crippen LogP contribution in [0.25, 0.3) is 0 Å². The van der Waals surface area contributed by atoms with Crippen LogP contribution in [0.3, 0.4) is 0 Å².